The molecule has 1 aliphatic rings. The van der Waals surface area contributed by atoms with Gasteiger partial charge in [-0.1, -0.05) is 5.16 Å². The molecule has 0 N–H and O–H groups in total. The van der Waals surface area contributed by atoms with Crippen molar-refractivity contribution in [3.05, 3.63) is 48.2 Å². The van der Waals surface area contributed by atoms with E-state index in [1.807, 2.05) is 43.0 Å². The quantitative estimate of drug-likeness (QED) is 0.554. The van der Waals surface area contributed by atoms with Crippen LogP contribution in [0.15, 0.2) is 41.2 Å². The maximum Gasteiger partial charge on any atom is 0.278 e. The molecule has 168 valence electrons. The molecule has 1 aromatic carbocycles. The Morgan fingerprint density at radius 2 is 1.88 bits per heavy atom. The number of carbonyl (C=O) groups is 1. The van der Waals surface area contributed by atoms with Crippen LogP contribution >= 0.6 is 0 Å². The van der Waals surface area contributed by atoms with Gasteiger partial charge in [-0.05, 0) is 57.9 Å². The van der Waals surface area contributed by atoms with Crippen molar-refractivity contribution in [2.75, 3.05) is 19.7 Å². The monoisotopic (exact) mass is 437 g/mol. The van der Waals surface area contributed by atoms with Gasteiger partial charge in [0.25, 0.3) is 11.8 Å². The maximum absolute atomic E-state index is 12.8. The maximum atomic E-state index is 12.8. The molecule has 1 saturated heterocycles. The highest BCUT2D eigenvalue weighted by Crippen LogP contribution is 2.28. The van der Waals surface area contributed by atoms with E-state index in [1.165, 1.54) is 0 Å². The molecule has 1 atom stereocenters. The van der Waals surface area contributed by atoms with Crippen LogP contribution in [0.1, 0.15) is 44.1 Å². The molecule has 0 radical (unpaired) electrons. The molecule has 9 heteroatoms. The lowest BCUT2D eigenvalue weighted by Gasteiger charge is -2.32. The average Bonchev–Trinajstić information content (AvgIpc) is 3.31. The summed E-state index contributed by atoms with van der Waals surface area (Å²) in [4.78, 5) is 27.7. The predicted molar refractivity (Wildman–Crippen MR) is 116 cm³/mol. The third kappa shape index (κ3) is 5.04. The Balaban J connectivity index is 1.30. The Kier molecular flexibility index (Phi) is 6.63. The molecule has 1 unspecified atom stereocenters. The Morgan fingerprint density at radius 3 is 2.53 bits per heavy atom. The largest absolute Gasteiger partial charge is 0.494 e. The van der Waals surface area contributed by atoms with Crippen molar-refractivity contribution in [3.8, 4) is 23.1 Å². The SMILES string of the molecule is CCOc1ccc(OC(C)C(=O)N2CCC(c3noc(-c4cnc(C)cn4)n3)CC2)cc1. The fourth-order valence-corrected chi connectivity index (χ4v) is 3.66. The van der Waals surface area contributed by atoms with Crippen LogP contribution in [0.2, 0.25) is 0 Å². The Bertz CT molecular complexity index is 1030. The molecule has 3 aromatic rings. The highest BCUT2D eigenvalue weighted by atomic mass is 16.5. The lowest BCUT2D eigenvalue weighted by molar-refractivity contribution is -0.139. The van der Waals surface area contributed by atoms with Crippen LogP contribution in [-0.2, 0) is 4.79 Å². The molecule has 0 aliphatic carbocycles. The standard InChI is InChI=1S/C23H27N5O4/c1-4-30-18-5-7-19(8-6-18)31-16(3)23(29)28-11-9-17(10-12-28)21-26-22(32-27-21)20-14-24-15(2)13-25-20/h5-8,13-14,16-17H,4,9-12H2,1-3H3. The van der Waals surface area contributed by atoms with Crippen molar-refractivity contribution in [1.82, 2.24) is 25.0 Å². The predicted octanol–water partition coefficient (Wildman–Crippen LogP) is 3.41. The zero-order chi connectivity index (χ0) is 22.5. The highest BCUT2D eigenvalue weighted by Gasteiger charge is 2.30. The van der Waals surface area contributed by atoms with Crippen LogP contribution in [-0.4, -0.2) is 56.7 Å². The second kappa shape index (κ2) is 9.76. The van der Waals surface area contributed by atoms with Gasteiger partial charge in [0.1, 0.15) is 17.2 Å². The van der Waals surface area contributed by atoms with Gasteiger partial charge < -0.3 is 18.9 Å². The summed E-state index contributed by atoms with van der Waals surface area (Å²) in [5.74, 6) is 2.54. The van der Waals surface area contributed by atoms with E-state index in [2.05, 4.69) is 20.1 Å². The van der Waals surface area contributed by atoms with Crippen molar-refractivity contribution >= 4 is 5.91 Å². The number of rotatable bonds is 7. The summed E-state index contributed by atoms with van der Waals surface area (Å²) in [6.07, 6.45) is 4.25. The van der Waals surface area contributed by atoms with E-state index in [-0.39, 0.29) is 11.8 Å². The van der Waals surface area contributed by atoms with Crippen molar-refractivity contribution in [3.63, 3.8) is 0 Å². The molecular formula is C23H27N5O4. The van der Waals surface area contributed by atoms with E-state index in [1.54, 1.807) is 19.3 Å². The Morgan fingerprint density at radius 1 is 1.16 bits per heavy atom. The first kappa shape index (κ1) is 21.7. The number of likely N-dealkylation sites (tertiary alicyclic amines) is 1. The van der Waals surface area contributed by atoms with Crippen LogP contribution in [0.5, 0.6) is 11.5 Å². The van der Waals surface area contributed by atoms with Gasteiger partial charge in [-0.2, -0.15) is 4.98 Å². The molecule has 1 aliphatic heterocycles. The van der Waals surface area contributed by atoms with E-state index >= 15 is 0 Å². The summed E-state index contributed by atoms with van der Waals surface area (Å²) < 4.78 is 16.6. The molecule has 4 rings (SSSR count). The number of aromatic nitrogens is 4. The minimum absolute atomic E-state index is 0.0268. The van der Waals surface area contributed by atoms with Gasteiger partial charge in [0.15, 0.2) is 11.9 Å². The Labute approximate surface area is 186 Å². The smallest absolute Gasteiger partial charge is 0.278 e. The van der Waals surface area contributed by atoms with E-state index in [0.29, 0.717) is 42.9 Å². The normalized spacial score (nSPS) is 15.4. The van der Waals surface area contributed by atoms with Gasteiger partial charge in [0, 0.05) is 25.2 Å². The number of aryl methyl sites for hydroxylation is 1. The number of amides is 1. The second-order valence-corrected chi connectivity index (χ2v) is 7.76. The molecule has 9 nitrogen and oxygen atoms in total. The summed E-state index contributed by atoms with van der Waals surface area (Å²) >= 11 is 0. The van der Waals surface area contributed by atoms with Gasteiger partial charge in [-0.15, -0.1) is 0 Å². The third-order valence-corrected chi connectivity index (χ3v) is 5.41. The van der Waals surface area contributed by atoms with Crippen LogP contribution in [0.25, 0.3) is 11.6 Å². The summed E-state index contributed by atoms with van der Waals surface area (Å²) in [5, 5.41) is 4.13. The second-order valence-electron chi connectivity index (χ2n) is 7.76. The van der Waals surface area contributed by atoms with Gasteiger partial charge >= 0.3 is 0 Å². The fourth-order valence-electron chi connectivity index (χ4n) is 3.66. The summed E-state index contributed by atoms with van der Waals surface area (Å²) in [7, 11) is 0. The van der Waals surface area contributed by atoms with Crippen LogP contribution in [0.3, 0.4) is 0 Å². The zero-order valence-electron chi connectivity index (χ0n) is 18.5. The van der Waals surface area contributed by atoms with Gasteiger partial charge in [-0.3, -0.25) is 9.78 Å². The summed E-state index contributed by atoms with van der Waals surface area (Å²) in [6.45, 7) is 7.43. The summed E-state index contributed by atoms with van der Waals surface area (Å²) in [5.41, 5.74) is 1.38. The van der Waals surface area contributed by atoms with Crippen LogP contribution in [0.4, 0.5) is 0 Å². The Hall–Kier alpha value is -3.49. The molecule has 32 heavy (non-hydrogen) atoms. The van der Waals surface area contributed by atoms with Gasteiger partial charge in [0.2, 0.25) is 0 Å². The van der Waals surface area contributed by atoms with E-state index < -0.39 is 6.10 Å². The lowest BCUT2D eigenvalue weighted by Crippen LogP contribution is -2.44. The first-order valence-corrected chi connectivity index (χ1v) is 10.8. The minimum Gasteiger partial charge on any atom is -0.494 e. The fraction of sp³-hybridized carbons (Fsp3) is 0.435. The van der Waals surface area contributed by atoms with Crippen molar-refractivity contribution < 1.29 is 18.8 Å². The van der Waals surface area contributed by atoms with E-state index in [0.717, 1.165) is 24.3 Å². The topological polar surface area (TPSA) is 103 Å². The third-order valence-electron chi connectivity index (χ3n) is 5.41. The zero-order valence-corrected chi connectivity index (χ0v) is 18.5. The summed E-state index contributed by atoms with van der Waals surface area (Å²) in [6, 6.07) is 7.30. The number of nitrogens with zero attached hydrogens (tertiary/aromatic N) is 5. The number of benzene rings is 1. The molecule has 1 fully saturated rings. The molecule has 3 heterocycles. The number of ether oxygens (including phenoxy) is 2. The number of piperidine rings is 1. The van der Waals surface area contributed by atoms with Gasteiger partial charge in [-0.25, -0.2) is 4.98 Å². The number of hydrogen-bond donors (Lipinski definition) is 0. The number of carbonyl (C=O) groups excluding carboxylic acids is 1. The van der Waals surface area contributed by atoms with E-state index in [4.69, 9.17) is 14.0 Å². The van der Waals surface area contributed by atoms with Crippen LogP contribution < -0.4 is 9.47 Å². The molecule has 2 aromatic heterocycles. The molecule has 0 bridgehead atoms. The average molecular weight is 438 g/mol. The van der Waals surface area contributed by atoms with Crippen molar-refractivity contribution in [2.45, 2.75) is 45.6 Å². The molecule has 0 saturated carbocycles. The molecule has 1 amide bonds. The first-order chi connectivity index (χ1) is 15.5. The van der Waals surface area contributed by atoms with Crippen molar-refractivity contribution in [1.29, 1.82) is 0 Å². The molecule has 0 spiro atoms. The molecular weight excluding hydrogens is 410 g/mol. The highest BCUT2D eigenvalue weighted by molar-refractivity contribution is 5.81. The van der Waals surface area contributed by atoms with Crippen LogP contribution in [0, 0.1) is 6.92 Å². The van der Waals surface area contributed by atoms with E-state index in [9.17, 15) is 4.79 Å². The minimum atomic E-state index is -0.568. The van der Waals surface area contributed by atoms with Crippen molar-refractivity contribution in [2.24, 2.45) is 0 Å². The number of hydrogen-bond acceptors (Lipinski definition) is 8. The first-order valence-electron chi connectivity index (χ1n) is 10.8. The van der Waals surface area contributed by atoms with Gasteiger partial charge in [0.05, 0.1) is 18.5 Å². The lowest BCUT2D eigenvalue weighted by atomic mass is 9.96.